The number of nitrogens with one attached hydrogen (secondary N) is 1. The zero-order valence-electron chi connectivity index (χ0n) is 11.3. The van der Waals surface area contributed by atoms with Crippen molar-refractivity contribution in [2.45, 2.75) is 31.9 Å². The van der Waals surface area contributed by atoms with Crippen molar-refractivity contribution in [3.8, 4) is 0 Å². The van der Waals surface area contributed by atoms with E-state index < -0.39 is 22.1 Å². The van der Waals surface area contributed by atoms with Crippen LogP contribution in [0.5, 0.6) is 0 Å². The molecule has 0 aromatic heterocycles. The van der Waals surface area contributed by atoms with Crippen molar-refractivity contribution in [2.24, 2.45) is 11.8 Å². The first-order valence-electron chi connectivity index (χ1n) is 7.04. The fourth-order valence-corrected chi connectivity index (χ4v) is 4.82. The average molecular weight is 314 g/mol. The maximum atomic E-state index is 12.6. The average Bonchev–Trinajstić information content (AvgIpc) is 2.38. The maximum Gasteiger partial charge on any atom is 0.391 e. The summed E-state index contributed by atoms with van der Waals surface area (Å²) < 4.78 is 63.4. The highest BCUT2D eigenvalue weighted by Gasteiger charge is 2.43. The second kappa shape index (κ2) is 6.19. The van der Waals surface area contributed by atoms with Crippen molar-refractivity contribution in [2.75, 3.05) is 31.9 Å². The maximum absolute atomic E-state index is 12.6. The van der Waals surface area contributed by atoms with Gasteiger partial charge in [-0.15, -0.1) is 0 Å². The van der Waals surface area contributed by atoms with Gasteiger partial charge in [0.2, 0.25) is 10.0 Å². The van der Waals surface area contributed by atoms with Crippen LogP contribution in [0.1, 0.15) is 25.7 Å². The molecule has 2 rings (SSSR count). The highest BCUT2D eigenvalue weighted by atomic mass is 32.2. The molecule has 0 aromatic rings. The summed E-state index contributed by atoms with van der Waals surface area (Å²) in [5.74, 6) is -1.15. The van der Waals surface area contributed by atoms with E-state index >= 15 is 0 Å². The van der Waals surface area contributed by atoms with E-state index in [1.54, 1.807) is 0 Å². The normalized spacial score (nSPS) is 24.9. The van der Waals surface area contributed by atoms with E-state index in [4.69, 9.17) is 0 Å². The van der Waals surface area contributed by atoms with Gasteiger partial charge in [0, 0.05) is 13.1 Å². The number of rotatable bonds is 3. The Labute approximate surface area is 117 Å². The number of halogens is 3. The Morgan fingerprint density at radius 3 is 2.10 bits per heavy atom. The predicted molar refractivity (Wildman–Crippen MR) is 69.7 cm³/mol. The number of alkyl halides is 3. The van der Waals surface area contributed by atoms with E-state index in [1.807, 2.05) is 0 Å². The molecule has 4 nitrogen and oxygen atoms in total. The van der Waals surface area contributed by atoms with E-state index in [9.17, 15) is 21.6 Å². The van der Waals surface area contributed by atoms with Crippen LogP contribution < -0.4 is 5.32 Å². The molecule has 8 heteroatoms. The topological polar surface area (TPSA) is 49.4 Å². The van der Waals surface area contributed by atoms with Crippen LogP contribution in [-0.2, 0) is 10.0 Å². The van der Waals surface area contributed by atoms with E-state index in [-0.39, 0.29) is 37.6 Å². The molecule has 0 aromatic carbocycles. The van der Waals surface area contributed by atoms with Crippen LogP contribution in [0.25, 0.3) is 0 Å². The minimum atomic E-state index is -4.20. The van der Waals surface area contributed by atoms with Gasteiger partial charge in [0.15, 0.2) is 0 Å². The molecule has 0 unspecified atom stereocenters. The minimum absolute atomic E-state index is 0.00250. The highest BCUT2D eigenvalue weighted by Crippen LogP contribution is 2.35. The molecular weight excluding hydrogens is 293 g/mol. The Morgan fingerprint density at radius 2 is 1.60 bits per heavy atom. The van der Waals surface area contributed by atoms with Crippen molar-refractivity contribution in [3.05, 3.63) is 0 Å². The van der Waals surface area contributed by atoms with E-state index in [2.05, 4.69) is 5.32 Å². The van der Waals surface area contributed by atoms with Gasteiger partial charge in [-0.25, -0.2) is 12.7 Å². The van der Waals surface area contributed by atoms with Crippen LogP contribution in [0, 0.1) is 11.8 Å². The first-order chi connectivity index (χ1) is 9.29. The standard InChI is InChI=1S/C12H21F3N2O2S/c13-12(14,15)11-3-7-17(8-4-11)20(18,19)9-10-1-5-16-6-2-10/h10-11,16H,1-9H2. The zero-order chi connectivity index (χ0) is 14.8. The molecule has 0 atom stereocenters. The van der Waals surface area contributed by atoms with Gasteiger partial charge >= 0.3 is 6.18 Å². The number of hydrogen-bond donors (Lipinski definition) is 1. The first kappa shape index (κ1) is 16.0. The van der Waals surface area contributed by atoms with Gasteiger partial charge in [0.05, 0.1) is 11.7 Å². The molecule has 0 radical (unpaired) electrons. The summed E-state index contributed by atoms with van der Waals surface area (Å²) in [7, 11) is -3.41. The quantitative estimate of drug-likeness (QED) is 0.861. The summed E-state index contributed by atoms with van der Waals surface area (Å²) in [6.07, 6.45) is -2.80. The van der Waals surface area contributed by atoms with Crippen LogP contribution in [0.2, 0.25) is 0 Å². The molecular formula is C12H21F3N2O2S. The van der Waals surface area contributed by atoms with Crippen molar-refractivity contribution in [1.82, 2.24) is 9.62 Å². The number of hydrogen-bond acceptors (Lipinski definition) is 3. The fourth-order valence-electron chi connectivity index (χ4n) is 2.91. The Hall–Kier alpha value is -0.340. The summed E-state index contributed by atoms with van der Waals surface area (Å²) in [5.41, 5.74) is 0. The summed E-state index contributed by atoms with van der Waals surface area (Å²) >= 11 is 0. The number of sulfonamides is 1. The fraction of sp³-hybridized carbons (Fsp3) is 1.00. The van der Waals surface area contributed by atoms with Crippen LogP contribution >= 0.6 is 0 Å². The van der Waals surface area contributed by atoms with Crippen molar-refractivity contribution in [3.63, 3.8) is 0 Å². The molecule has 0 bridgehead atoms. The Balaban J connectivity index is 1.88. The SMILES string of the molecule is O=S(=O)(CC1CCNCC1)N1CCC(C(F)(F)F)CC1. The van der Waals surface area contributed by atoms with E-state index in [0.717, 1.165) is 25.9 Å². The second-order valence-electron chi connectivity index (χ2n) is 5.69. The van der Waals surface area contributed by atoms with Crippen molar-refractivity contribution >= 4 is 10.0 Å². The predicted octanol–water partition coefficient (Wildman–Crippen LogP) is 1.59. The molecule has 0 amide bonds. The molecule has 20 heavy (non-hydrogen) atoms. The Morgan fingerprint density at radius 1 is 1.05 bits per heavy atom. The molecule has 0 saturated carbocycles. The van der Waals surface area contributed by atoms with Gasteiger partial charge in [-0.1, -0.05) is 0 Å². The lowest BCUT2D eigenvalue weighted by atomic mass is 9.98. The third-order valence-corrected chi connectivity index (χ3v) is 6.26. The first-order valence-corrected chi connectivity index (χ1v) is 8.65. The number of nitrogens with zero attached hydrogens (tertiary/aromatic N) is 1. The summed E-state index contributed by atoms with van der Waals surface area (Å²) in [6, 6.07) is 0. The molecule has 2 fully saturated rings. The molecule has 1 N–H and O–H groups in total. The van der Waals surface area contributed by atoms with Gasteiger partial charge in [-0.3, -0.25) is 0 Å². The van der Waals surface area contributed by atoms with Gasteiger partial charge in [-0.2, -0.15) is 13.2 Å². The summed E-state index contributed by atoms with van der Waals surface area (Å²) in [5, 5.41) is 3.17. The van der Waals surface area contributed by atoms with Gasteiger partial charge < -0.3 is 5.32 Å². The summed E-state index contributed by atoms with van der Waals surface area (Å²) in [6.45, 7) is 1.63. The van der Waals surface area contributed by atoms with Gasteiger partial charge in [-0.05, 0) is 44.7 Å². The molecule has 2 saturated heterocycles. The third kappa shape index (κ3) is 4.08. The van der Waals surface area contributed by atoms with E-state index in [1.165, 1.54) is 4.31 Å². The molecule has 2 aliphatic rings. The Kier molecular flexibility index (Phi) is 4.96. The lowest BCUT2D eigenvalue weighted by molar-refractivity contribution is -0.182. The molecule has 0 aliphatic carbocycles. The lowest BCUT2D eigenvalue weighted by Crippen LogP contribution is -2.44. The molecule has 118 valence electrons. The highest BCUT2D eigenvalue weighted by molar-refractivity contribution is 7.89. The largest absolute Gasteiger partial charge is 0.391 e. The third-order valence-electron chi connectivity index (χ3n) is 4.22. The minimum Gasteiger partial charge on any atom is -0.317 e. The van der Waals surface area contributed by atoms with Gasteiger partial charge in [0.1, 0.15) is 0 Å². The Bertz CT molecular complexity index is 411. The lowest BCUT2D eigenvalue weighted by Gasteiger charge is -2.33. The van der Waals surface area contributed by atoms with Crippen LogP contribution in [0.4, 0.5) is 13.2 Å². The zero-order valence-corrected chi connectivity index (χ0v) is 12.1. The second-order valence-corrected chi connectivity index (χ2v) is 7.70. The van der Waals surface area contributed by atoms with Crippen LogP contribution in [0.3, 0.4) is 0 Å². The van der Waals surface area contributed by atoms with Crippen molar-refractivity contribution < 1.29 is 21.6 Å². The van der Waals surface area contributed by atoms with Crippen LogP contribution in [0.15, 0.2) is 0 Å². The smallest absolute Gasteiger partial charge is 0.317 e. The number of piperidine rings is 2. The van der Waals surface area contributed by atoms with E-state index in [0.29, 0.717) is 0 Å². The van der Waals surface area contributed by atoms with Crippen molar-refractivity contribution in [1.29, 1.82) is 0 Å². The molecule has 0 spiro atoms. The van der Waals surface area contributed by atoms with Gasteiger partial charge in [0.25, 0.3) is 0 Å². The monoisotopic (exact) mass is 314 g/mol. The molecule has 2 aliphatic heterocycles. The molecule has 2 heterocycles. The summed E-state index contributed by atoms with van der Waals surface area (Å²) in [4.78, 5) is 0. The van der Waals surface area contributed by atoms with Crippen LogP contribution in [-0.4, -0.2) is 50.8 Å².